The predicted octanol–water partition coefficient (Wildman–Crippen LogP) is 21.2. The number of rotatable bonds is 3. The molecule has 5 heteroatoms. The fourth-order valence-electron chi connectivity index (χ4n) is 15.9. The highest BCUT2D eigenvalue weighted by Gasteiger charge is 2.53. The van der Waals surface area contributed by atoms with Crippen molar-refractivity contribution in [2.75, 3.05) is 9.71 Å². The van der Waals surface area contributed by atoms with Crippen molar-refractivity contribution in [2.45, 2.75) is 174 Å². The first-order valence-corrected chi connectivity index (χ1v) is 32.2. The summed E-state index contributed by atoms with van der Waals surface area (Å²) in [4.78, 5) is 5.64. The van der Waals surface area contributed by atoms with Gasteiger partial charge in [0.15, 0.2) is 0 Å². The number of nitrogens with zero attached hydrogens (tertiary/aromatic N) is 2. The van der Waals surface area contributed by atoms with Gasteiger partial charge in [-0.1, -0.05) is 196 Å². The second-order valence-corrected chi connectivity index (χ2v) is 32.7. The molecule has 3 aliphatic carbocycles. The molecule has 8 aromatic carbocycles. The van der Waals surface area contributed by atoms with E-state index in [1.54, 1.807) is 0 Å². The topological polar surface area (TPSA) is 6.48 Å². The van der Waals surface area contributed by atoms with Crippen molar-refractivity contribution < 1.29 is 0 Å². The maximum atomic E-state index is 2.87. The van der Waals surface area contributed by atoms with Crippen LogP contribution in [-0.2, 0) is 37.9 Å². The van der Waals surface area contributed by atoms with Crippen LogP contribution < -0.4 is 20.6 Å². The highest BCUT2D eigenvalue weighted by Crippen LogP contribution is 2.62. The fraction of sp³-hybridized carbons (Fsp3) is 0.351. The van der Waals surface area contributed by atoms with Crippen molar-refractivity contribution in [1.29, 1.82) is 0 Å². The summed E-state index contributed by atoms with van der Waals surface area (Å²) in [6, 6.07) is 56.2. The van der Waals surface area contributed by atoms with Gasteiger partial charge in [-0.3, -0.25) is 0 Å². The third-order valence-electron chi connectivity index (χ3n) is 21.1. The van der Waals surface area contributed by atoms with Gasteiger partial charge in [0.2, 0.25) is 0 Å². The first kappa shape index (κ1) is 52.4. The number of thiophene rings is 2. The summed E-state index contributed by atoms with van der Waals surface area (Å²) < 4.78 is 4.16. The average Bonchev–Trinajstić information content (AvgIpc) is 1.49. The molecule has 2 nitrogen and oxygen atoms in total. The molecule has 0 saturated heterocycles. The standard InChI is InChI=1S/C77H79BN2S2/c1-71(2,3)45-26-29-47(30-27-45)80-68-50(32-31-49-52-39-56-58(42-62(52)81-69(49)68)75(11,12)36-34-73(56,7)8)64-65-53(48-24-20-21-25-55(48)77(65,15)16)41-61-67(64)78(80)66-54-40-57-59(76(13,14)37-35-74(57,9)10)43-63(54)82-70(66)79(61)60-33-28-46(72(4,5)6)38-51(60)44-22-18-17-19-23-44/h17-33,38-43H,34-37H2,1-16H3. The van der Waals surface area contributed by atoms with Crippen LogP contribution in [0.4, 0.5) is 27.8 Å². The molecule has 4 heterocycles. The number of hydrogen-bond acceptors (Lipinski definition) is 4. The maximum Gasteiger partial charge on any atom is 0.334 e. The first-order valence-electron chi connectivity index (χ1n) is 30.5. The predicted molar refractivity (Wildman–Crippen MR) is 359 cm³/mol. The Morgan fingerprint density at radius 2 is 1.00 bits per heavy atom. The lowest BCUT2D eigenvalue weighted by atomic mass is 9.43. The lowest BCUT2D eigenvalue weighted by molar-refractivity contribution is 0.332. The van der Waals surface area contributed by atoms with E-state index in [-0.39, 0.29) is 44.8 Å². The van der Waals surface area contributed by atoms with Crippen molar-refractivity contribution in [2.24, 2.45) is 0 Å². The van der Waals surface area contributed by atoms with Crippen LogP contribution in [0.15, 0.2) is 140 Å². The molecule has 2 aliphatic heterocycles. The normalized spacial score (nSPS) is 18.5. The molecule has 2 aromatic heterocycles. The summed E-state index contributed by atoms with van der Waals surface area (Å²) in [6.45, 7) is 38.9. The molecule has 0 unspecified atom stereocenters. The van der Waals surface area contributed by atoms with Gasteiger partial charge in [0.1, 0.15) is 0 Å². The largest absolute Gasteiger partial charge is 0.375 e. The molecule has 0 N–H and O–H groups in total. The van der Waals surface area contributed by atoms with Gasteiger partial charge < -0.3 is 9.71 Å². The second-order valence-electron chi connectivity index (χ2n) is 30.6. The van der Waals surface area contributed by atoms with Crippen molar-refractivity contribution in [3.8, 4) is 33.4 Å². The molecule has 0 amide bonds. The first-order chi connectivity index (χ1) is 38.7. The average molecular weight is 1110 g/mol. The van der Waals surface area contributed by atoms with E-state index in [2.05, 4.69) is 260 Å². The Labute approximate surface area is 496 Å². The van der Waals surface area contributed by atoms with Crippen LogP contribution in [0.1, 0.15) is 181 Å². The third-order valence-corrected chi connectivity index (χ3v) is 23.4. The zero-order valence-electron chi connectivity index (χ0n) is 51.4. The van der Waals surface area contributed by atoms with E-state index in [0.717, 1.165) is 6.42 Å². The molecule has 0 saturated carbocycles. The van der Waals surface area contributed by atoms with Gasteiger partial charge in [-0.05, 0) is 196 Å². The number of benzene rings is 8. The third kappa shape index (κ3) is 7.30. The molecular weight excluding hydrogens is 1030 g/mol. The summed E-state index contributed by atoms with van der Waals surface area (Å²) in [7, 11) is 0. The minimum Gasteiger partial charge on any atom is -0.375 e. The minimum atomic E-state index is -0.278. The Kier molecular flexibility index (Phi) is 10.8. The van der Waals surface area contributed by atoms with Crippen LogP contribution in [-0.4, -0.2) is 6.85 Å². The quantitative estimate of drug-likeness (QED) is 0.163. The van der Waals surface area contributed by atoms with E-state index >= 15 is 0 Å². The zero-order valence-corrected chi connectivity index (χ0v) is 53.0. The summed E-state index contributed by atoms with van der Waals surface area (Å²) in [6.07, 6.45) is 4.73. The number of anilines is 5. The highest BCUT2D eigenvalue weighted by molar-refractivity contribution is 7.27. The Morgan fingerprint density at radius 1 is 0.439 bits per heavy atom. The van der Waals surface area contributed by atoms with Gasteiger partial charge in [-0.2, -0.15) is 0 Å². The molecule has 15 rings (SSSR count). The summed E-state index contributed by atoms with van der Waals surface area (Å²) in [5.74, 6) is 0. The molecule has 412 valence electrons. The Balaban J connectivity index is 1.15. The van der Waals surface area contributed by atoms with E-state index in [4.69, 9.17) is 0 Å². The smallest absolute Gasteiger partial charge is 0.334 e. The summed E-state index contributed by atoms with van der Waals surface area (Å²) in [5, 5.41) is 5.48. The number of fused-ring (bicyclic) bond motifs is 16. The van der Waals surface area contributed by atoms with Crippen molar-refractivity contribution in [3.63, 3.8) is 0 Å². The zero-order chi connectivity index (χ0) is 57.3. The molecule has 0 bridgehead atoms. The minimum absolute atomic E-state index is 0.000597. The van der Waals surface area contributed by atoms with Gasteiger partial charge in [-0.15, -0.1) is 22.7 Å². The Morgan fingerprint density at radius 3 is 1.62 bits per heavy atom. The lowest BCUT2D eigenvalue weighted by Crippen LogP contribution is -2.61. The van der Waals surface area contributed by atoms with E-state index in [9.17, 15) is 0 Å². The molecule has 5 aliphatic rings. The van der Waals surface area contributed by atoms with Gasteiger partial charge >= 0.3 is 6.85 Å². The van der Waals surface area contributed by atoms with Crippen LogP contribution in [0.5, 0.6) is 0 Å². The van der Waals surface area contributed by atoms with Gasteiger partial charge in [0.05, 0.1) is 21.1 Å². The van der Waals surface area contributed by atoms with E-state index < -0.39 is 0 Å². The molecule has 0 atom stereocenters. The molecular formula is C77H79BN2S2. The van der Waals surface area contributed by atoms with Crippen LogP contribution in [0.2, 0.25) is 0 Å². The lowest BCUT2D eigenvalue weighted by Gasteiger charge is -2.47. The summed E-state index contributed by atoms with van der Waals surface area (Å²) in [5.41, 5.74) is 27.5. The molecule has 0 spiro atoms. The maximum absolute atomic E-state index is 2.87. The van der Waals surface area contributed by atoms with Crippen molar-refractivity contribution in [3.05, 3.63) is 184 Å². The van der Waals surface area contributed by atoms with Crippen molar-refractivity contribution in [1.82, 2.24) is 0 Å². The molecule has 0 fully saturated rings. The van der Waals surface area contributed by atoms with E-state index in [0.29, 0.717) is 0 Å². The SMILES string of the molecule is CC(C)(C)c1ccc(N2B3c4c(cc5c(c4-c4ccc6c(sc7cc8c(cc76)C(C)(C)CCC8(C)C)c42)C(C)(C)c2ccccc2-5)N(c2ccc(C(C)(C)C)cc2-c2ccccc2)c2sc4cc5c(cc4c23)C(C)(C)CCC5(C)C)cc1. The molecule has 0 radical (unpaired) electrons. The van der Waals surface area contributed by atoms with Gasteiger partial charge in [0.25, 0.3) is 0 Å². The van der Waals surface area contributed by atoms with Crippen molar-refractivity contribution >= 4 is 98.5 Å². The van der Waals surface area contributed by atoms with Crippen LogP contribution in [0.25, 0.3) is 63.6 Å². The Hall–Kier alpha value is -6.40. The van der Waals surface area contributed by atoms with Crippen LogP contribution >= 0.6 is 22.7 Å². The van der Waals surface area contributed by atoms with Gasteiger partial charge in [-0.25, -0.2) is 0 Å². The number of hydrogen-bond donors (Lipinski definition) is 0. The van der Waals surface area contributed by atoms with E-state index in [1.165, 1.54) is 166 Å². The Bertz CT molecular complexity index is 4390. The fourth-order valence-corrected chi connectivity index (χ4v) is 18.5. The van der Waals surface area contributed by atoms with Crippen LogP contribution in [0.3, 0.4) is 0 Å². The summed E-state index contributed by atoms with van der Waals surface area (Å²) >= 11 is 4.07. The molecule has 82 heavy (non-hydrogen) atoms. The van der Waals surface area contributed by atoms with Gasteiger partial charge in [0, 0.05) is 48.1 Å². The van der Waals surface area contributed by atoms with E-state index in [1.807, 2.05) is 22.7 Å². The van der Waals surface area contributed by atoms with Crippen LogP contribution in [0, 0.1) is 0 Å². The molecule has 10 aromatic rings. The monoisotopic (exact) mass is 1110 g/mol. The second kappa shape index (κ2) is 16.9. The highest BCUT2D eigenvalue weighted by atomic mass is 32.1.